The summed E-state index contributed by atoms with van der Waals surface area (Å²) in [4.78, 5) is 21.6. The Kier molecular flexibility index (Phi) is 30.2. The van der Waals surface area contributed by atoms with Crippen molar-refractivity contribution in [1.29, 1.82) is 0 Å². The third-order valence-corrected chi connectivity index (χ3v) is 5.98. The van der Waals surface area contributed by atoms with Gasteiger partial charge in [-0.15, -0.1) is 0 Å². The fourth-order valence-corrected chi connectivity index (χ4v) is 3.59. The molecule has 0 amide bonds. The van der Waals surface area contributed by atoms with Crippen molar-refractivity contribution in [2.75, 3.05) is 6.61 Å². The number of rotatable bonds is 20. The lowest BCUT2D eigenvalue weighted by molar-refractivity contribution is -0.143. The second-order valence-corrected chi connectivity index (χ2v) is 9.34. The van der Waals surface area contributed by atoms with Gasteiger partial charge in [0.05, 0.1) is 6.61 Å². The van der Waals surface area contributed by atoms with Crippen LogP contribution in [0, 0.1) is 0 Å². The summed E-state index contributed by atoms with van der Waals surface area (Å²) in [7, 11) is 0. The number of carbonyl (C=O) groups is 2. The number of unbranched alkanes of at least 4 members (excludes halogenated alkanes) is 11. The van der Waals surface area contributed by atoms with Crippen LogP contribution in [0.15, 0.2) is 62.2 Å². The van der Waals surface area contributed by atoms with Gasteiger partial charge in [0, 0.05) is 12.2 Å². The van der Waals surface area contributed by atoms with E-state index in [1.165, 1.54) is 88.3 Å². The Morgan fingerprint density at radius 3 is 1.66 bits per heavy atom. The Balaban J connectivity index is 0. The van der Waals surface area contributed by atoms with Gasteiger partial charge in [-0.25, -0.2) is 9.59 Å². The van der Waals surface area contributed by atoms with Gasteiger partial charge in [0.1, 0.15) is 6.10 Å². The summed E-state index contributed by atoms with van der Waals surface area (Å²) in [5, 5.41) is 0. The van der Waals surface area contributed by atoms with Crippen LogP contribution in [0.25, 0.3) is 6.08 Å². The molecule has 216 valence electrons. The van der Waals surface area contributed by atoms with Crippen LogP contribution in [0.3, 0.4) is 0 Å². The molecule has 1 rings (SSSR count). The molecule has 0 radical (unpaired) electrons. The van der Waals surface area contributed by atoms with Gasteiger partial charge in [0.25, 0.3) is 0 Å². The molecule has 1 unspecified atom stereocenters. The lowest BCUT2D eigenvalue weighted by atomic mass is 10.1. The summed E-state index contributed by atoms with van der Waals surface area (Å²) in [5.74, 6) is -0.607. The molecule has 0 bridgehead atoms. The molecule has 0 N–H and O–H groups in total. The van der Waals surface area contributed by atoms with Gasteiger partial charge in [0.15, 0.2) is 0 Å². The highest BCUT2D eigenvalue weighted by molar-refractivity contribution is 5.81. The van der Waals surface area contributed by atoms with Crippen LogP contribution in [0.1, 0.15) is 123 Å². The monoisotopic (exact) mass is 528 g/mol. The molecule has 0 aliphatic carbocycles. The fourth-order valence-electron chi connectivity index (χ4n) is 3.59. The molecule has 4 nitrogen and oxygen atoms in total. The van der Waals surface area contributed by atoms with E-state index in [-0.39, 0.29) is 18.0 Å². The van der Waals surface area contributed by atoms with E-state index < -0.39 is 0 Å². The second kappa shape index (κ2) is 30.6. The Bertz CT molecular complexity index is 696. The fraction of sp³-hybridized carbons (Fsp3) is 0.588. The maximum atomic E-state index is 10.9. The minimum absolute atomic E-state index is 0.0806. The van der Waals surface area contributed by atoms with E-state index in [1.54, 1.807) is 0 Å². The average molecular weight is 529 g/mol. The molecule has 1 atom stereocenters. The first-order valence-corrected chi connectivity index (χ1v) is 14.8. The first kappa shape index (κ1) is 37.5. The maximum Gasteiger partial charge on any atom is 0.330 e. The first-order chi connectivity index (χ1) is 18.5. The Labute approximate surface area is 234 Å². The lowest BCUT2D eigenvalue weighted by Crippen LogP contribution is -2.15. The van der Waals surface area contributed by atoms with E-state index in [0.717, 1.165) is 25.7 Å². The number of hydrogen-bond acceptors (Lipinski definition) is 4. The SMILES string of the molecule is C=CC(=O)OC(CC)CCCCC.C=CC(=O)OCCCCCCCCCCCC.C=Cc1ccccc1. The molecule has 0 aliphatic heterocycles. The van der Waals surface area contributed by atoms with Crippen LogP contribution >= 0.6 is 0 Å². The van der Waals surface area contributed by atoms with Crippen molar-refractivity contribution in [3.05, 3.63) is 67.8 Å². The molecule has 1 aromatic rings. The largest absolute Gasteiger partial charge is 0.463 e. The average Bonchev–Trinajstić information content (AvgIpc) is 2.96. The predicted octanol–water partition coefficient (Wildman–Crippen LogP) is 10.0. The highest BCUT2D eigenvalue weighted by atomic mass is 16.5. The van der Waals surface area contributed by atoms with Gasteiger partial charge in [-0.1, -0.05) is 148 Å². The predicted molar refractivity (Wildman–Crippen MR) is 164 cm³/mol. The summed E-state index contributed by atoms with van der Waals surface area (Å²) in [5.41, 5.74) is 1.17. The van der Waals surface area contributed by atoms with E-state index in [2.05, 4.69) is 33.6 Å². The molecule has 0 aliphatic rings. The van der Waals surface area contributed by atoms with Gasteiger partial charge >= 0.3 is 11.9 Å². The summed E-state index contributed by atoms with van der Waals surface area (Å²) in [6.45, 7) is 17.3. The molecule has 0 spiro atoms. The van der Waals surface area contributed by atoms with Gasteiger partial charge in [-0.2, -0.15) is 0 Å². The third-order valence-electron chi connectivity index (χ3n) is 5.98. The molecule has 1 aromatic carbocycles. The standard InChI is InChI=1S/C15H28O2.C11H20O2.C8H8/c1-3-5-6-7-8-9-10-11-12-13-14-17-15(16)4-2;1-4-7-8-9-10(5-2)13-11(12)6-3;1-2-8-6-4-3-5-7-8/h4H,2-3,5-14H2,1H3;6,10H,3-5,7-9H2,1-2H3;2-7H,1H2. The molecule has 38 heavy (non-hydrogen) atoms. The number of esters is 2. The zero-order chi connectivity index (χ0) is 28.7. The summed E-state index contributed by atoms with van der Waals surface area (Å²) < 4.78 is 10.0. The van der Waals surface area contributed by atoms with E-state index in [4.69, 9.17) is 9.47 Å². The Hall–Kier alpha value is -2.62. The topological polar surface area (TPSA) is 52.6 Å². The van der Waals surface area contributed by atoms with Crippen LogP contribution in [0.4, 0.5) is 0 Å². The molecule has 0 saturated carbocycles. The number of ether oxygens (including phenoxy) is 2. The molecule has 0 fully saturated rings. The van der Waals surface area contributed by atoms with Crippen LogP contribution in [0.5, 0.6) is 0 Å². The van der Waals surface area contributed by atoms with Crippen molar-refractivity contribution in [3.8, 4) is 0 Å². The Morgan fingerprint density at radius 2 is 1.21 bits per heavy atom. The smallest absolute Gasteiger partial charge is 0.330 e. The van der Waals surface area contributed by atoms with Crippen LogP contribution < -0.4 is 0 Å². The normalized spacial score (nSPS) is 10.5. The van der Waals surface area contributed by atoms with Crippen molar-refractivity contribution in [2.45, 2.75) is 123 Å². The lowest BCUT2D eigenvalue weighted by Gasteiger charge is -2.14. The maximum absolute atomic E-state index is 10.9. The molecule has 4 heteroatoms. The molecular formula is C34H56O4. The van der Waals surface area contributed by atoms with E-state index in [9.17, 15) is 9.59 Å². The minimum Gasteiger partial charge on any atom is -0.463 e. The van der Waals surface area contributed by atoms with Crippen LogP contribution in [-0.4, -0.2) is 24.6 Å². The first-order valence-electron chi connectivity index (χ1n) is 14.8. The number of carbonyl (C=O) groups excluding carboxylic acids is 2. The third kappa shape index (κ3) is 28.0. The van der Waals surface area contributed by atoms with Gasteiger partial charge in [-0.3, -0.25) is 0 Å². The van der Waals surface area contributed by atoms with E-state index >= 15 is 0 Å². The molecule has 0 heterocycles. The molecule has 0 saturated heterocycles. The molecule has 0 aromatic heterocycles. The van der Waals surface area contributed by atoms with Crippen LogP contribution in [-0.2, 0) is 19.1 Å². The van der Waals surface area contributed by atoms with Crippen molar-refractivity contribution >= 4 is 18.0 Å². The van der Waals surface area contributed by atoms with Crippen molar-refractivity contribution < 1.29 is 19.1 Å². The van der Waals surface area contributed by atoms with Crippen LogP contribution in [0.2, 0.25) is 0 Å². The van der Waals surface area contributed by atoms with Gasteiger partial charge in [0.2, 0.25) is 0 Å². The zero-order valence-corrected chi connectivity index (χ0v) is 24.8. The highest BCUT2D eigenvalue weighted by Gasteiger charge is 2.09. The van der Waals surface area contributed by atoms with E-state index in [1.807, 2.05) is 43.3 Å². The molecular weight excluding hydrogens is 472 g/mol. The minimum atomic E-state index is -0.305. The van der Waals surface area contributed by atoms with Gasteiger partial charge < -0.3 is 9.47 Å². The number of hydrogen-bond donors (Lipinski definition) is 0. The summed E-state index contributed by atoms with van der Waals surface area (Å²) >= 11 is 0. The number of benzene rings is 1. The van der Waals surface area contributed by atoms with Crippen molar-refractivity contribution in [1.82, 2.24) is 0 Å². The summed E-state index contributed by atoms with van der Waals surface area (Å²) in [6, 6.07) is 10.0. The quantitative estimate of drug-likeness (QED) is 0.0959. The Morgan fingerprint density at radius 1 is 0.711 bits per heavy atom. The highest BCUT2D eigenvalue weighted by Crippen LogP contribution is 2.11. The second-order valence-electron chi connectivity index (χ2n) is 9.34. The summed E-state index contributed by atoms with van der Waals surface area (Å²) in [6.07, 6.45) is 22.7. The van der Waals surface area contributed by atoms with Crippen molar-refractivity contribution in [3.63, 3.8) is 0 Å². The van der Waals surface area contributed by atoms with Crippen molar-refractivity contribution in [2.24, 2.45) is 0 Å². The van der Waals surface area contributed by atoms with Gasteiger partial charge in [-0.05, 0) is 31.2 Å². The van der Waals surface area contributed by atoms with E-state index in [0.29, 0.717) is 6.61 Å². The zero-order valence-electron chi connectivity index (χ0n) is 24.8.